The van der Waals surface area contributed by atoms with E-state index in [1.54, 1.807) is 24.3 Å². The van der Waals surface area contributed by atoms with Gasteiger partial charge in [0, 0.05) is 18.7 Å². The summed E-state index contributed by atoms with van der Waals surface area (Å²) in [5, 5.41) is 2.86. The number of hydrogen-bond donors (Lipinski definition) is 1. The first-order valence-corrected chi connectivity index (χ1v) is 6.70. The van der Waals surface area contributed by atoms with Crippen molar-refractivity contribution in [3.63, 3.8) is 0 Å². The molecule has 0 spiro atoms. The van der Waals surface area contributed by atoms with Crippen molar-refractivity contribution in [2.24, 2.45) is 0 Å². The Kier molecular flexibility index (Phi) is 6.22. The van der Waals surface area contributed by atoms with E-state index < -0.39 is 0 Å². The van der Waals surface area contributed by atoms with Crippen LogP contribution in [0, 0.1) is 0 Å². The Balaban J connectivity index is 2.61. The minimum atomic E-state index is -0.182. The van der Waals surface area contributed by atoms with Gasteiger partial charge in [-0.25, -0.2) is 0 Å². The molecule has 1 aromatic rings. The molecule has 0 aliphatic carbocycles. The first-order chi connectivity index (χ1) is 9.10. The predicted octanol–water partition coefficient (Wildman–Crippen LogP) is 1.96. The van der Waals surface area contributed by atoms with E-state index in [2.05, 4.69) is 24.1 Å². The van der Waals surface area contributed by atoms with Gasteiger partial charge in [0.05, 0.1) is 5.56 Å². The predicted molar refractivity (Wildman–Crippen MR) is 76.6 cm³/mol. The summed E-state index contributed by atoms with van der Waals surface area (Å²) < 4.78 is 0. The average molecular weight is 262 g/mol. The average Bonchev–Trinajstić information content (AvgIpc) is 2.43. The Morgan fingerprint density at radius 1 is 1.11 bits per heavy atom. The summed E-state index contributed by atoms with van der Waals surface area (Å²) in [6, 6.07) is 6.90. The molecule has 1 rings (SSSR count). The topological polar surface area (TPSA) is 49.4 Å². The molecule has 0 aliphatic rings. The normalized spacial score (nSPS) is 10.5. The zero-order valence-corrected chi connectivity index (χ0v) is 11.9. The first-order valence-electron chi connectivity index (χ1n) is 6.70. The van der Waals surface area contributed by atoms with E-state index in [1.807, 2.05) is 0 Å². The zero-order valence-electron chi connectivity index (χ0n) is 11.9. The van der Waals surface area contributed by atoms with Crippen molar-refractivity contribution >= 4 is 11.7 Å². The summed E-state index contributed by atoms with van der Waals surface area (Å²) in [7, 11) is 0. The molecule has 0 bridgehead atoms. The van der Waals surface area contributed by atoms with E-state index in [0.717, 1.165) is 19.6 Å². The van der Waals surface area contributed by atoms with Crippen molar-refractivity contribution in [2.45, 2.75) is 20.8 Å². The standard InChI is InChI=1S/C15H22N2O2/c1-4-17(5-2)11-10-16-15(19)14-9-7-6-8-13(14)12(3)18/h6-9H,4-5,10-11H2,1-3H3,(H,16,19). The number of nitrogens with one attached hydrogen (secondary N) is 1. The third-order valence-corrected chi connectivity index (χ3v) is 3.16. The van der Waals surface area contributed by atoms with E-state index in [4.69, 9.17) is 0 Å². The van der Waals surface area contributed by atoms with Crippen molar-refractivity contribution in [2.75, 3.05) is 26.2 Å². The molecule has 1 aromatic carbocycles. The number of hydrogen-bond acceptors (Lipinski definition) is 3. The second-order valence-corrected chi connectivity index (χ2v) is 4.38. The molecule has 0 radical (unpaired) electrons. The van der Waals surface area contributed by atoms with Crippen molar-refractivity contribution < 1.29 is 9.59 Å². The van der Waals surface area contributed by atoms with Crippen LogP contribution in [0.25, 0.3) is 0 Å². The third kappa shape index (κ3) is 4.48. The Labute approximate surface area is 114 Å². The number of rotatable bonds is 7. The van der Waals surface area contributed by atoms with E-state index in [9.17, 15) is 9.59 Å². The van der Waals surface area contributed by atoms with Crippen LogP contribution in [0.3, 0.4) is 0 Å². The van der Waals surface area contributed by atoms with Gasteiger partial charge in [-0.05, 0) is 26.1 Å². The number of likely N-dealkylation sites (N-methyl/N-ethyl adjacent to an activating group) is 1. The van der Waals surface area contributed by atoms with Gasteiger partial charge in [0.1, 0.15) is 0 Å². The smallest absolute Gasteiger partial charge is 0.252 e. The van der Waals surface area contributed by atoms with Gasteiger partial charge in [0.15, 0.2) is 5.78 Å². The van der Waals surface area contributed by atoms with Crippen molar-refractivity contribution in [3.8, 4) is 0 Å². The number of carbonyl (C=O) groups is 2. The zero-order chi connectivity index (χ0) is 14.3. The molecule has 19 heavy (non-hydrogen) atoms. The molecule has 0 atom stereocenters. The number of nitrogens with zero attached hydrogens (tertiary/aromatic N) is 1. The van der Waals surface area contributed by atoms with Crippen LogP contribution in [0.2, 0.25) is 0 Å². The van der Waals surface area contributed by atoms with Gasteiger partial charge in [-0.1, -0.05) is 32.0 Å². The van der Waals surface area contributed by atoms with E-state index in [1.165, 1.54) is 6.92 Å². The molecule has 1 N–H and O–H groups in total. The fourth-order valence-electron chi connectivity index (χ4n) is 1.95. The Morgan fingerprint density at radius 3 is 2.21 bits per heavy atom. The van der Waals surface area contributed by atoms with Crippen LogP contribution in [0.1, 0.15) is 41.5 Å². The lowest BCUT2D eigenvalue weighted by molar-refractivity contribution is 0.0935. The SMILES string of the molecule is CCN(CC)CCNC(=O)c1ccccc1C(C)=O. The molecule has 0 fully saturated rings. The summed E-state index contributed by atoms with van der Waals surface area (Å²) in [6.07, 6.45) is 0. The molecular weight excluding hydrogens is 240 g/mol. The fourth-order valence-corrected chi connectivity index (χ4v) is 1.95. The van der Waals surface area contributed by atoms with Gasteiger partial charge in [-0.3, -0.25) is 9.59 Å². The second-order valence-electron chi connectivity index (χ2n) is 4.38. The molecule has 4 nitrogen and oxygen atoms in total. The van der Waals surface area contributed by atoms with Gasteiger partial charge in [0.25, 0.3) is 5.91 Å². The second kappa shape index (κ2) is 7.69. The van der Waals surface area contributed by atoms with Gasteiger partial charge in [-0.15, -0.1) is 0 Å². The van der Waals surface area contributed by atoms with Crippen molar-refractivity contribution in [3.05, 3.63) is 35.4 Å². The molecule has 0 saturated carbocycles. The van der Waals surface area contributed by atoms with Gasteiger partial charge >= 0.3 is 0 Å². The third-order valence-electron chi connectivity index (χ3n) is 3.16. The van der Waals surface area contributed by atoms with Crippen LogP contribution in [0.5, 0.6) is 0 Å². The summed E-state index contributed by atoms with van der Waals surface area (Å²) in [4.78, 5) is 25.7. The Morgan fingerprint density at radius 2 is 1.68 bits per heavy atom. The lowest BCUT2D eigenvalue weighted by Crippen LogP contribution is -2.35. The molecule has 1 amide bonds. The van der Waals surface area contributed by atoms with Crippen molar-refractivity contribution in [1.29, 1.82) is 0 Å². The summed E-state index contributed by atoms with van der Waals surface area (Å²) in [5.41, 5.74) is 0.928. The fraction of sp³-hybridized carbons (Fsp3) is 0.467. The maximum Gasteiger partial charge on any atom is 0.252 e. The number of amides is 1. The molecule has 0 saturated heterocycles. The van der Waals surface area contributed by atoms with E-state index in [0.29, 0.717) is 17.7 Å². The Bertz CT molecular complexity index is 440. The van der Waals surface area contributed by atoms with Crippen LogP contribution in [-0.2, 0) is 0 Å². The minimum absolute atomic E-state index is 0.0884. The van der Waals surface area contributed by atoms with E-state index in [-0.39, 0.29) is 11.7 Å². The van der Waals surface area contributed by atoms with Crippen LogP contribution < -0.4 is 5.32 Å². The van der Waals surface area contributed by atoms with Crippen LogP contribution in [0.4, 0.5) is 0 Å². The maximum atomic E-state index is 12.0. The highest BCUT2D eigenvalue weighted by Crippen LogP contribution is 2.09. The van der Waals surface area contributed by atoms with Crippen LogP contribution >= 0.6 is 0 Å². The number of ketones is 1. The highest BCUT2D eigenvalue weighted by molar-refractivity contribution is 6.07. The lowest BCUT2D eigenvalue weighted by Gasteiger charge is -2.18. The summed E-state index contributed by atoms with van der Waals surface area (Å²) in [6.45, 7) is 9.01. The van der Waals surface area contributed by atoms with Gasteiger partial charge in [-0.2, -0.15) is 0 Å². The summed E-state index contributed by atoms with van der Waals surface area (Å²) in [5.74, 6) is -0.271. The maximum absolute atomic E-state index is 12.0. The molecule has 0 unspecified atom stereocenters. The highest BCUT2D eigenvalue weighted by Gasteiger charge is 2.13. The lowest BCUT2D eigenvalue weighted by atomic mass is 10.0. The van der Waals surface area contributed by atoms with Crippen LogP contribution in [0.15, 0.2) is 24.3 Å². The Hall–Kier alpha value is -1.68. The quantitative estimate of drug-likeness (QED) is 0.764. The van der Waals surface area contributed by atoms with Gasteiger partial charge in [0.2, 0.25) is 0 Å². The first kappa shape index (κ1) is 15.4. The molecule has 0 heterocycles. The van der Waals surface area contributed by atoms with Crippen LogP contribution in [-0.4, -0.2) is 42.8 Å². The molecular formula is C15H22N2O2. The number of Topliss-reactive ketones (excluding diaryl/α,β-unsaturated/α-hetero) is 1. The minimum Gasteiger partial charge on any atom is -0.351 e. The number of benzene rings is 1. The highest BCUT2D eigenvalue weighted by atomic mass is 16.2. The van der Waals surface area contributed by atoms with Gasteiger partial charge < -0.3 is 10.2 Å². The van der Waals surface area contributed by atoms with Crippen molar-refractivity contribution in [1.82, 2.24) is 10.2 Å². The molecule has 104 valence electrons. The monoisotopic (exact) mass is 262 g/mol. The summed E-state index contributed by atoms with van der Waals surface area (Å²) >= 11 is 0. The van der Waals surface area contributed by atoms with E-state index >= 15 is 0 Å². The number of carbonyl (C=O) groups excluding carboxylic acids is 2. The molecule has 4 heteroatoms. The molecule has 0 aliphatic heterocycles. The largest absolute Gasteiger partial charge is 0.351 e. The molecule has 0 aromatic heterocycles.